The lowest BCUT2D eigenvalue weighted by Gasteiger charge is -2.01. The zero-order chi connectivity index (χ0) is 10.5. The standard InChI is InChI=1S/C15H15/c1-13-7-9-15(10-8-13)12-11-14-5-3-2-4-6-14/h2-10,12H,11H2,1H3. The van der Waals surface area contributed by atoms with E-state index in [4.69, 9.17) is 0 Å². The summed E-state index contributed by atoms with van der Waals surface area (Å²) < 4.78 is 0. The first kappa shape index (κ1) is 9.97. The van der Waals surface area contributed by atoms with Gasteiger partial charge in [0.25, 0.3) is 0 Å². The second kappa shape index (κ2) is 4.79. The minimum Gasteiger partial charge on any atom is -0.0622 e. The van der Waals surface area contributed by atoms with Crippen LogP contribution >= 0.6 is 0 Å². The number of hydrogen-bond donors (Lipinski definition) is 0. The topological polar surface area (TPSA) is 0 Å². The SMILES string of the molecule is Cc1ccc([CH]Cc2ccccc2)cc1. The van der Waals surface area contributed by atoms with Gasteiger partial charge in [-0.2, -0.15) is 0 Å². The summed E-state index contributed by atoms with van der Waals surface area (Å²) in [7, 11) is 0. The largest absolute Gasteiger partial charge is 0.0622 e. The average Bonchev–Trinajstić information content (AvgIpc) is 2.30. The van der Waals surface area contributed by atoms with Crippen molar-refractivity contribution < 1.29 is 0 Å². The molecule has 0 aliphatic heterocycles. The van der Waals surface area contributed by atoms with Crippen LogP contribution in [0.5, 0.6) is 0 Å². The van der Waals surface area contributed by atoms with Crippen molar-refractivity contribution in [2.45, 2.75) is 13.3 Å². The molecule has 0 heteroatoms. The van der Waals surface area contributed by atoms with E-state index in [1.165, 1.54) is 16.7 Å². The van der Waals surface area contributed by atoms with Crippen molar-refractivity contribution >= 4 is 0 Å². The van der Waals surface area contributed by atoms with Gasteiger partial charge in [0.1, 0.15) is 0 Å². The Bertz CT molecular complexity index is 398. The number of rotatable bonds is 3. The van der Waals surface area contributed by atoms with Crippen molar-refractivity contribution in [3.05, 3.63) is 77.7 Å². The fourth-order valence-electron chi connectivity index (χ4n) is 1.55. The van der Waals surface area contributed by atoms with Crippen LogP contribution < -0.4 is 0 Å². The van der Waals surface area contributed by atoms with E-state index >= 15 is 0 Å². The molecule has 0 unspecified atom stereocenters. The highest BCUT2D eigenvalue weighted by Crippen LogP contribution is 2.10. The van der Waals surface area contributed by atoms with Gasteiger partial charge < -0.3 is 0 Å². The molecule has 0 saturated heterocycles. The third-order valence-corrected chi connectivity index (χ3v) is 2.49. The zero-order valence-corrected chi connectivity index (χ0v) is 8.98. The molecule has 0 aliphatic rings. The van der Waals surface area contributed by atoms with E-state index in [0.29, 0.717) is 0 Å². The van der Waals surface area contributed by atoms with Gasteiger partial charge in [-0.15, -0.1) is 0 Å². The number of hydrogen-bond acceptors (Lipinski definition) is 0. The van der Waals surface area contributed by atoms with E-state index in [0.717, 1.165) is 6.42 Å². The van der Waals surface area contributed by atoms with E-state index in [1.807, 2.05) is 0 Å². The fraction of sp³-hybridized carbons (Fsp3) is 0.133. The highest BCUT2D eigenvalue weighted by molar-refractivity contribution is 5.29. The lowest BCUT2D eigenvalue weighted by atomic mass is 10.0. The monoisotopic (exact) mass is 195 g/mol. The maximum atomic E-state index is 2.26. The predicted octanol–water partition coefficient (Wildman–Crippen LogP) is 3.79. The second-order valence-corrected chi connectivity index (χ2v) is 3.80. The van der Waals surface area contributed by atoms with E-state index < -0.39 is 0 Å². The molecular formula is C15H15. The maximum Gasteiger partial charge on any atom is -0.00494 e. The van der Waals surface area contributed by atoms with Gasteiger partial charge in [0, 0.05) is 0 Å². The smallest absolute Gasteiger partial charge is 0.00494 e. The Morgan fingerprint density at radius 3 is 2.20 bits per heavy atom. The average molecular weight is 195 g/mol. The Morgan fingerprint density at radius 2 is 1.53 bits per heavy atom. The molecule has 75 valence electrons. The van der Waals surface area contributed by atoms with Crippen molar-refractivity contribution in [1.82, 2.24) is 0 Å². The van der Waals surface area contributed by atoms with Crippen LogP contribution in [0.15, 0.2) is 54.6 Å². The Balaban J connectivity index is 1.96. The molecule has 0 heterocycles. The predicted molar refractivity (Wildman–Crippen MR) is 64.7 cm³/mol. The molecule has 15 heavy (non-hydrogen) atoms. The first-order chi connectivity index (χ1) is 7.34. The molecule has 2 rings (SSSR count). The van der Waals surface area contributed by atoms with E-state index in [2.05, 4.69) is 67.9 Å². The molecule has 1 radical (unpaired) electrons. The zero-order valence-electron chi connectivity index (χ0n) is 8.98. The Labute approximate surface area is 91.6 Å². The van der Waals surface area contributed by atoms with Crippen LogP contribution in [-0.4, -0.2) is 0 Å². The van der Waals surface area contributed by atoms with Gasteiger partial charge in [-0.05, 0) is 30.9 Å². The summed E-state index contributed by atoms with van der Waals surface area (Å²) in [4.78, 5) is 0. The van der Waals surface area contributed by atoms with Crippen molar-refractivity contribution in [3.63, 3.8) is 0 Å². The minimum atomic E-state index is 1.00. The fourth-order valence-corrected chi connectivity index (χ4v) is 1.55. The lowest BCUT2D eigenvalue weighted by molar-refractivity contribution is 1.16. The second-order valence-electron chi connectivity index (χ2n) is 3.80. The van der Waals surface area contributed by atoms with Crippen LogP contribution in [0, 0.1) is 13.3 Å². The van der Waals surface area contributed by atoms with Crippen LogP contribution in [0.2, 0.25) is 0 Å². The van der Waals surface area contributed by atoms with Crippen molar-refractivity contribution in [1.29, 1.82) is 0 Å². The maximum absolute atomic E-state index is 2.26. The molecule has 0 saturated carbocycles. The Hall–Kier alpha value is -1.56. The molecule has 0 aromatic heterocycles. The van der Waals surface area contributed by atoms with Crippen LogP contribution in [0.1, 0.15) is 16.7 Å². The molecule has 0 spiro atoms. The van der Waals surface area contributed by atoms with Gasteiger partial charge in [-0.1, -0.05) is 60.2 Å². The van der Waals surface area contributed by atoms with Gasteiger partial charge in [-0.3, -0.25) is 0 Å². The van der Waals surface area contributed by atoms with E-state index in [9.17, 15) is 0 Å². The van der Waals surface area contributed by atoms with Crippen LogP contribution in [-0.2, 0) is 6.42 Å². The van der Waals surface area contributed by atoms with Crippen LogP contribution in [0.25, 0.3) is 0 Å². The first-order valence-electron chi connectivity index (χ1n) is 5.28. The van der Waals surface area contributed by atoms with Crippen LogP contribution in [0.3, 0.4) is 0 Å². The first-order valence-corrected chi connectivity index (χ1v) is 5.28. The summed E-state index contributed by atoms with van der Waals surface area (Å²) in [6, 6.07) is 19.2. The minimum absolute atomic E-state index is 1.00. The quantitative estimate of drug-likeness (QED) is 0.699. The highest BCUT2D eigenvalue weighted by Gasteiger charge is 1.95. The van der Waals surface area contributed by atoms with Crippen molar-refractivity contribution in [2.75, 3.05) is 0 Å². The van der Waals surface area contributed by atoms with Gasteiger partial charge in [0.05, 0.1) is 0 Å². The molecule has 0 atom stereocenters. The summed E-state index contributed by atoms with van der Waals surface area (Å²) in [5, 5.41) is 0. The third kappa shape index (κ3) is 2.95. The molecule has 0 aliphatic carbocycles. The van der Waals surface area contributed by atoms with Gasteiger partial charge in [0.2, 0.25) is 0 Å². The highest BCUT2D eigenvalue weighted by atomic mass is 14.0. The Morgan fingerprint density at radius 1 is 0.867 bits per heavy atom. The number of aryl methyl sites for hydroxylation is 1. The van der Waals surface area contributed by atoms with Gasteiger partial charge in [0.15, 0.2) is 0 Å². The molecule has 0 nitrogen and oxygen atoms in total. The molecule has 2 aromatic carbocycles. The van der Waals surface area contributed by atoms with Crippen molar-refractivity contribution in [3.8, 4) is 0 Å². The van der Waals surface area contributed by atoms with E-state index in [-0.39, 0.29) is 0 Å². The van der Waals surface area contributed by atoms with Gasteiger partial charge in [-0.25, -0.2) is 0 Å². The molecule has 2 aromatic rings. The van der Waals surface area contributed by atoms with Crippen LogP contribution in [0.4, 0.5) is 0 Å². The normalized spacial score (nSPS) is 10.2. The molecule has 0 bridgehead atoms. The molecule has 0 amide bonds. The third-order valence-electron chi connectivity index (χ3n) is 2.49. The van der Waals surface area contributed by atoms with Crippen molar-refractivity contribution in [2.24, 2.45) is 0 Å². The lowest BCUT2D eigenvalue weighted by Crippen LogP contribution is -1.88. The summed E-state index contributed by atoms with van der Waals surface area (Å²) in [6.45, 7) is 2.11. The Kier molecular flexibility index (Phi) is 3.18. The molecular weight excluding hydrogens is 180 g/mol. The van der Waals surface area contributed by atoms with Gasteiger partial charge >= 0.3 is 0 Å². The summed E-state index contributed by atoms with van der Waals surface area (Å²) in [5.74, 6) is 0. The summed E-state index contributed by atoms with van der Waals surface area (Å²) >= 11 is 0. The number of benzene rings is 2. The van der Waals surface area contributed by atoms with E-state index in [1.54, 1.807) is 0 Å². The molecule has 0 N–H and O–H groups in total. The summed E-state index contributed by atoms with van der Waals surface area (Å²) in [5.41, 5.74) is 3.97. The summed E-state index contributed by atoms with van der Waals surface area (Å²) in [6.07, 6.45) is 3.26. The molecule has 0 fully saturated rings.